The standard InChI is InChI=1S/Al.ClHO.3ClH/c;1-2;;;/h;2H;3*1H/q+3;;;;/p-3. The zero-order chi connectivity index (χ0) is 5.58. The third-order valence-electron chi connectivity index (χ3n) is 0. The molecule has 0 radical (unpaired) electrons. The van der Waals surface area contributed by atoms with Crippen molar-refractivity contribution >= 4 is 53.4 Å². The summed E-state index contributed by atoms with van der Waals surface area (Å²) in [5, 5.41) is 0. The average Bonchev–Trinajstić information content (AvgIpc) is 1.41. The first-order chi connectivity index (χ1) is 2.73. The van der Waals surface area contributed by atoms with Crippen LogP contribution in [0.4, 0.5) is 0 Å². The van der Waals surface area contributed by atoms with Gasteiger partial charge in [-0.1, -0.05) is 0 Å². The Bertz CT molecular complexity index is 12.3. The third kappa shape index (κ3) is 44.8. The van der Waals surface area contributed by atoms with Crippen LogP contribution in [0.1, 0.15) is 0 Å². The summed E-state index contributed by atoms with van der Waals surface area (Å²) >= 11 is 1.92. The van der Waals surface area contributed by atoms with Gasteiger partial charge in [-0.25, -0.2) is 30.1 Å². The summed E-state index contributed by atoms with van der Waals surface area (Å²) in [7, 11) is 14.8. The molecule has 0 amide bonds. The number of hydrogen-bond donors (Lipinski definition) is 1. The Morgan fingerprint density at radius 1 is 1.00 bits per heavy atom. The van der Waals surface area contributed by atoms with Crippen molar-refractivity contribution in [2.45, 2.75) is 0 Å². The lowest BCUT2D eigenvalue weighted by atomic mass is 15.9. The Morgan fingerprint density at radius 2 is 1.00 bits per heavy atom. The maximum atomic E-state index is 6.47. The van der Waals surface area contributed by atoms with Crippen LogP contribution in [-0.4, -0.2) is 16.0 Å². The quantitative estimate of drug-likeness (QED) is 0.571. The summed E-state index contributed by atoms with van der Waals surface area (Å²) < 4.78 is 6.47. The molecular formula is HAlCl4O. The van der Waals surface area contributed by atoms with E-state index in [2.05, 4.69) is 11.9 Å². The van der Waals surface area contributed by atoms with Gasteiger partial charge in [0.15, 0.2) is 0 Å². The summed E-state index contributed by atoms with van der Waals surface area (Å²) in [6.45, 7) is 0. The number of hydrogen-bond acceptors (Lipinski definition) is 1. The van der Waals surface area contributed by atoms with Crippen molar-refractivity contribution in [3.8, 4) is 0 Å². The summed E-state index contributed by atoms with van der Waals surface area (Å²) in [6, 6.07) is 0. The Hall–Kier alpha value is 1.65. The van der Waals surface area contributed by atoms with Gasteiger partial charge in [0.2, 0.25) is 0 Å². The molecule has 0 unspecified atom stereocenters. The molecule has 0 aliphatic rings. The van der Waals surface area contributed by atoms with Crippen molar-refractivity contribution in [1.82, 2.24) is 0 Å². The van der Waals surface area contributed by atoms with Crippen LogP contribution in [0.5, 0.6) is 0 Å². The van der Waals surface area contributed by atoms with E-state index in [1.165, 1.54) is 0 Å². The first-order valence-corrected chi connectivity index (χ1v) is 6.40. The van der Waals surface area contributed by atoms with Crippen LogP contribution < -0.4 is 0 Å². The number of halogens is 4. The minimum atomic E-state index is -1.72. The molecule has 0 spiro atoms. The Balaban J connectivity index is 0. The maximum absolute atomic E-state index is 6.47. The second kappa shape index (κ2) is 9.82. The highest BCUT2D eigenvalue weighted by atomic mass is 35.8. The number of rotatable bonds is 0. The summed E-state index contributed by atoms with van der Waals surface area (Å²) in [4.78, 5) is 0. The lowest BCUT2D eigenvalue weighted by molar-refractivity contribution is 0.632. The zero-order valence-electron chi connectivity index (χ0n) is 2.54. The van der Waals surface area contributed by atoms with E-state index in [9.17, 15) is 0 Å². The van der Waals surface area contributed by atoms with E-state index in [-0.39, 0.29) is 0 Å². The molecule has 0 aromatic heterocycles. The highest BCUT2D eigenvalue weighted by Gasteiger charge is 2.00. The van der Waals surface area contributed by atoms with Gasteiger partial charge in [-0.05, 0) is 0 Å². The second-order valence-corrected chi connectivity index (χ2v) is 6.68. The normalized spacial score (nSPS) is 5.50. The predicted octanol–water partition coefficient (Wildman–Crippen LogP) is 1.82. The molecular weight excluding hydrogens is 185 g/mol. The zero-order valence-corrected chi connectivity index (χ0v) is 6.71. The van der Waals surface area contributed by atoms with Crippen molar-refractivity contribution < 1.29 is 4.66 Å². The van der Waals surface area contributed by atoms with Gasteiger partial charge in [-0.3, -0.25) is 4.66 Å². The van der Waals surface area contributed by atoms with Gasteiger partial charge < -0.3 is 0 Å². The molecule has 0 aromatic carbocycles. The smallest absolute Gasteiger partial charge is 0.295 e. The largest absolute Gasteiger partial charge is 0.643 e. The fourth-order valence-electron chi connectivity index (χ4n) is 0. The highest BCUT2D eigenvalue weighted by molar-refractivity contribution is 7.54. The van der Waals surface area contributed by atoms with Gasteiger partial charge in [0.25, 0.3) is 0 Å². The highest BCUT2D eigenvalue weighted by Crippen LogP contribution is 1.97. The Morgan fingerprint density at radius 3 is 1.00 bits per heavy atom. The first kappa shape index (κ1) is 10.6. The van der Waals surface area contributed by atoms with E-state index in [0.717, 1.165) is 0 Å². The van der Waals surface area contributed by atoms with Crippen LogP contribution in [0.15, 0.2) is 0 Å². The molecule has 0 saturated carbocycles. The molecule has 0 atom stereocenters. The van der Waals surface area contributed by atoms with Crippen molar-refractivity contribution in [3.63, 3.8) is 0 Å². The minimum absolute atomic E-state index is 1.72. The van der Waals surface area contributed by atoms with Gasteiger partial charge in [0, 0.05) is 0 Å². The topological polar surface area (TPSA) is 20.2 Å². The molecule has 0 rings (SSSR count). The molecule has 1 N–H and O–H groups in total. The summed E-state index contributed by atoms with van der Waals surface area (Å²) in [6.07, 6.45) is 0. The Labute approximate surface area is 57.9 Å². The van der Waals surface area contributed by atoms with Crippen LogP contribution in [0.2, 0.25) is 0 Å². The van der Waals surface area contributed by atoms with Crippen LogP contribution in [0.3, 0.4) is 0 Å². The molecule has 1 nitrogen and oxygen atoms in total. The van der Waals surface area contributed by atoms with Gasteiger partial charge >= 0.3 is 11.4 Å². The fourth-order valence-corrected chi connectivity index (χ4v) is 0. The molecule has 38 valence electrons. The van der Waals surface area contributed by atoms with E-state index in [1.807, 2.05) is 0 Å². The van der Waals surface area contributed by atoms with E-state index >= 15 is 0 Å². The maximum Gasteiger partial charge on any atom is 0.643 e. The van der Waals surface area contributed by atoms with E-state index in [4.69, 9.17) is 34.8 Å². The molecule has 0 aliphatic carbocycles. The van der Waals surface area contributed by atoms with Crippen LogP contribution >= 0.6 is 42.0 Å². The van der Waals surface area contributed by atoms with Crippen LogP contribution in [0.25, 0.3) is 0 Å². The molecule has 6 heavy (non-hydrogen) atoms. The predicted molar refractivity (Wildman–Crippen MR) is 31.4 cm³/mol. The fraction of sp³-hybridized carbons (Fsp3) is 0. The average molecular weight is 186 g/mol. The molecule has 0 aromatic rings. The monoisotopic (exact) mass is 184 g/mol. The summed E-state index contributed by atoms with van der Waals surface area (Å²) in [5.41, 5.74) is 0. The lowest BCUT2D eigenvalue weighted by Crippen LogP contribution is -1.66. The first-order valence-electron chi connectivity index (χ1n) is 0.824. The van der Waals surface area contributed by atoms with Crippen molar-refractivity contribution in [2.75, 3.05) is 0 Å². The molecule has 6 heteroatoms. The molecule has 0 fully saturated rings. The minimum Gasteiger partial charge on any atom is -0.295 e. The molecule has 0 heterocycles. The molecule has 0 saturated heterocycles. The van der Waals surface area contributed by atoms with Crippen LogP contribution in [0, 0.1) is 0 Å². The van der Waals surface area contributed by atoms with Crippen molar-refractivity contribution in [2.24, 2.45) is 0 Å². The van der Waals surface area contributed by atoms with Crippen molar-refractivity contribution in [3.05, 3.63) is 0 Å². The van der Waals surface area contributed by atoms with Gasteiger partial charge in [-0.2, -0.15) is 0 Å². The van der Waals surface area contributed by atoms with Gasteiger partial charge in [0.1, 0.15) is 0 Å². The molecule has 0 bridgehead atoms. The summed E-state index contributed by atoms with van der Waals surface area (Å²) in [5.74, 6) is 0. The Kier molecular flexibility index (Phi) is 17.3. The van der Waals surface area contributed by atoms with E-state index < -0.39 is 11.4 Å². The van der Waals surface area contributed by atoms with Crippen molar-refractivity contribution in [1.29, 1.82) is 0 Å². The van der Waals surface area contributed by atoms with Gasteiger partial charge in [-0.15, -0.1) is 0 Å². The second-order valence-electron chi connectivity index (χ2n) is 0.247. The lowest BCUT2D eigenvalue weighted by Gasteiger charge is -1.57. The van der Waals surface area contributed by atoms with Crippen LogP contribution in [-0.2, 0) is 0 Å². The van der Waals surface area contributed by atoms with E-state index in [0.29, 0.717) is 0 Å². The SMILES string of the molecule is OCl.[Cl][Al]([Cl])[Cl]. The molecule has 0 aliphatic heterocycles. The van der Waals surface area contributed by atoms with E-state index in [1.54, 1.807) is 0 Å². The van der Waals surface area contributed by atoms with Gasteiger partial charge in [0.05, 0.1) is 11.9 Å². The third-order valence-corrected chi connectivity index (χ3v) is 0.